The van der Waals surface area contributed by atoms with E-state index < -0.39 is 0 Å². The van der Waals surface area contributed by atoms with Crippen molar-refractivity contribution in [2.75, 3.05) is 56.5 Å². The number of anilines is 3. The van der Waals surface area contributed by atoms with E-state index in [4.69, 9.17) is 44.1 Å². The quantitative estimate of drug-likeness (QED) is 0.0444. The van der Waals surface area contributed by atoms with Crippen LogP contribution in [0.5, 0.6) is 0 Å². The molecule has 6 aromatic carbocycles. The number of piperidine rings is 3. The minimum atomic E-state index is -0.0840. The molecule has 15 rings (SSSR count). The van der Waals surface area contributed by atoms with E-state index in [2.05, 4.69) is 49.6 Å². The fourth-order valence-electron chi connectivity index (χ4n) is 15.5. The zero-order chi connectivity index (χ0) is 80.4. The van der Waals surface area contributed by atoms with E-state index in [9.17, 15) is 28.8 Å². The molecule has 582 valence electrons. The molecule has 3 unspecified atom stereocenters. The topological polar surface area (TPSA) is 321 Å². The van der Waals surface area contributed by atoms with Gasteiger partial charge in [-0.15, -0.1) is 0 Å². The number of ketones is 3. The van der Waals surface area contributed by atoms with Crippen LogP contribution in [-0.4, -0.2) is 148 Å². The van der Waals surface area contributed by atoms with Gasteiger partial charge in [0.15, 0.2) is 34.3 Å². The van der Waals surface area contributed by atoms with Gasteiger partial charge in [0.1, 0.15) is 53.5 Å². The van der Waals surface area contributed by atoms with E-state index in [1.807, 2.05) is 170 Å². The smallest absolute Gasteiger partial charge is 0.246 e. The molecule has 3 amide bonds. The Morgan fingerprint density at radius 3 is 1.17 bits per heavy atom. The van der Waals surface area contributed by atoms with E-state index in [-0.39, 0.29) is 53.2 Å². The molecule has 25 heteroatoms. The number of carbonyl (C=O) groups is 6. The molecule has 3 atom stereocenters. The number of amides is 3. The van der Waals surface area contributed by atoms with Crippen LogP contribution in [0.2, 0.25) is 5.02 Å². The average molecular weight is 1550 g/mol. The van der Waals surface area contributed by atoms with Crippen molar-refractivity contribution in [1.82, 2.24) is 73.9 Å². The SMILES string of the molecule is C=CC(=O)N1CCCC(n2nc(-c3ccc(CCC(=O)c4c(C)cccc4Cl)cc3)c3c(N)ncnc32)C1.C=CC(=O)N1CCCC(n2nc(-c3ccc(CCC(=O)c4cc(C)ccc4C)cc3)c3c(N)ncnc32)C1.C=CC(=O)N1CCCC(n2nc(-c3ccc(CCC(=O)c4cccc(C)c4C)cc3)c3c(N)ncnc32)C1. The van der Waals surface area contributed by atoms with Crippen molar-refractivity contribution < 1.29 is 28.8 Å². The van der Waals surface area contributed by atoms with Gasteiger partial charge in [-0.2, -0.15) is 15.3 Å². The monoisotopic (exact) mass is 1540 g/mol. The highest BCUT2D eigenvalue weighted by Crippen LogP contribution is 2.39. The van der Waals surface area contributed by atoms with Gasteiger partial charge < -0.3 is 31.9 Å². The van der Waals surface area contributed by atoms with Gasteiger partial charge >= 0.3 is 0 Å². The highest BCUT2D eigenvalue weighted by atomic mass is 35.5. The van der Waals surface area contributed by atoms with Gasteiger partial charge in [0, 0.05) is 91.9 Å². The molecular formula is C89H93ClN18O6. The summed E-state index contributed by atoms with van der Waals surface area (Å²) in [6, 6.07) is 41.4. The van der Waals surface area contributed by atoms with Gasteiger partial charge in [-0.3, -0.25) is 28.8 Å². The maximum absolute atomic E-state index is 12.8. The first-order valence-corrected chi connectivity index (χ1v) is 38.9. The normalized spacial score (nSPS) is 15.5. The second-order valence-corrected chi connectivity index (χ2v) is 29.9. The van der Waals surface area contributed by atoms with E-state index >= 15 is 0 Å². The van der Waals surface area contributed by atoms with Crippen molar-refractivity contribution >= 4 is 97.2 Å². The van der Waals surface area contributed by atoms with Crippen LogP contribution in [0.1, 0.15) is 151 Å². The fourth-order valence-corrected chi connectivity index (χ4v) is 15.9. The number of aryl methyl sites for hydroxylation is 7. The van der Waals surface area contributed by atoms with Crippen molar-refractivity contribution in [1.29, 1.82) is 0 Å². The average Bonchev–Trinajstić information content (AvgIpc) is 1.62. The molecule has 12 aromatic rings. The van der Waals surface area contributed by atoms with Crippen LogP contribution in [0.25, 0.3) is 66.9 Å². The molecule has 3 aliphatic heterocycles. The predicted molar refractivity (Wildman–Crippen MR) is 447 cm³/mol. The number of rotatable bonds is 21. The minimum Gasteiger partial charge on any atom is -0.383 e. The number of carbonyl (C=O) groups excluding carboxylic acids is 6. The molecule has 6 N–H and O–H groups in total. The Hall–Kier alpha value is -12.7. The number of hydrogen-bond donors (Lipinski definition) is 3. The van der Waals surface area contributed by atoms with Crippen LogP contribution in [-0.2, 0) is 33.6 Å². The summed E-state index contributed by atoms with van der Waals surface area (Å²) in [4.78, 5) is 107. The minimum absolute atomic E-state index is 0.0198. The van der Waals surface area contributed by atoms with Crippen LogP contribution in [0.3, 0.4) is 0 Å². The molecular weight excluding hydrogens is 1450 g/mol. The van der Waals surface area contributed by atoms with Crippen LogP contribution < -0.4 is 17.2 Å². The maximum atomic E-state index is 12.8. The molecule has 3 fully saturated rings. The Balaban J connectivity index is 0.000000149. The number of hydrogen-bond acceptors (Lipinski definition) is 18. The van der Waals surface area contributed by atoms with Gasteiger partial charge in [-0.25, -0.2) is 43.9 Å². The third-order valence-electron chi connectivity index (χ3n) is 21.9. The Kier molecular flexibility index (Phi) is 24.6. The first kappa shape index (κ1) is 79.4. The van der Waals surface area contributed by atoms with Gasteiger partial charge in [-0.05, 0) is 162 Å². The molecule has 0 bridgehead atoms. The largest absolute Gasteiger partial charge is 0.383 e. The van der Waals surface area contributed by atoms with Crippen molar-refractivity contribution in [2.24, 2.45) is 0 Å². The lowest BCUT2D eigenvalue weighted by Gasteiger charge is -2.32. The highest BCUT2D eigenvalue weighted by Gasteiger charge is 2.32. The van der Waals surface area contributed by atoms with Gasteiger partial charge in [0.05, 0.1) is 39.3 Å². The summed E-state index contributed by atoms with van der Waals surface area (Å²) < 4.78 is 5.66. The van der Waals surface area contributed by atoms with Gasteiger partial charge in [-0.1, -0.05) is 152 Å². The summed E-state index contributed by atoms with van der Waals surface area (Å²) in [5.41, 5.74) is 36.2. The van der Waals surface area contributed by atoms with Gasteiger partial charge in [0.25, 0.3) is 0 Å². The molecule has 3 saturated heterocycles. The molecule has 0 aliphatic carbocycles. The molecule has 114 heavy (non-hydrogen) atoms. The third-order valence-corrected chi connectivity index (χ3v) is 22.3. The Morgan fingerprint density at radius 1 is 0.430 bits per heavy atom. The summed E-state index contributed by atoms with van der Waals surface area (Å²) in [6.45, 7) is 24.5. The molecule has 3 aliphatic rings. The zero-order valence-corrected chi connectivity index (χ0v) is 65.7. The first-order valence-electron chi connectivity index (χ1n) is 38.6. The van der Waals surface area contributed by atoms with Crippen LogP contribution in [0.15, 0.2) is 184 Å². The third kappa shape index (κ3) is 17.3. The number of nitrogen functional groups attached to an aromatic ring is 3. The van der Waals surface area contributed by atoms with Crippen molar-refractivity contribution in [3.8, 4) is 33.8 Å². The van der Waals surface area contributed by atoms with Crippen LogP contribution in [0, 0.1) is 34.6 Å². The van der Waals surface area contributed by atoms with Crippen LogP contribution in [0.4, 0.5) is 17.5 Å². The van der Waals surface area contributed by atoms with Crippen molar-refractivity contribution in [3.63, 3.8) is 0 Å². The summed E-state index contributed by atoms with van der Waals surface area (Å²) in [6.07, 6.45) is 16.8. The molecule has 24 nitrogen and oxygen atoms in total. The predicted octanol–water partition coefficient (Wildman–Crippen LogP) is 14.9. The van der Waals surface area contributed by atoms with Crippen molar-refractivity contribution in [2.45, 2.75) is 130 Å². The molecule has 0 spiro atoms. The second kappa shape index (κ2) is 35.3. The second-order valence-electron chi connectivity index (χ2n) is 29.5. The van der Waals surface area contributed by atoms with E-state index in [1.165, 1.54) is 37.2 Å². The summed E-state index contributed by atoms with van der Waals surface area (Å²) in [5.74, 6) is 1.20. The number of fused-ring (bicyclic) bond motifs is 3. The van der Waals surface area contributed by atoms with Crippen LogP contribution >= 0.6 is 11.6 Å². The fraction of sp³-hybridized carbons (Fsp3) is 0.292. The number of nitrogens with zero attached hydrogens (tertiary/aromatic N) is 15. The Bertz CT molecular complexity index is 5470. The number of Topliss-reactive ketones (excluding diaryl/α,β-unsaturated/α-hetero) is 3. The summed E-state index contributed by atoms with van der Waals surface area (Å²) in [5, 5.41) is 17.4. The molecule has 0 radical (unpaired) electrons. The first-order chi connectivity index (χ1) is 55.1. The standard InChI is InChI=1S/2C30H32N6O2.C29H29ClN6O2/c1-4-26(38)35-16-6-8-23(17-35)36-30-27(29(31)32-18-33-30)28(34-36)22-13-10-21(11-14-22)12-15-25(37)24-9-5-7-19(2)20(24)3;1-4-26(38)35-15-5-6-23(17-35)36-30-27(29(31)32-18-33-30)28(34-36)22-12-9-21(10-13-22)11-14-25(37)24-16-19(2)7-8-20(24)3;1-3-24(38)35-15-5-7-21(16-35)36-29-26(28(31)32-17-33-29)27(34-36)20-12-9-19(10-13-20)11-14-23(37)25-18(2)6-4-8-22(25)30/h4-5,7,9-11,13-14,18,23H,1,6,8,12,15-17H2,2-3H3,(H2,31,32,33);4,7-10,12-13,16,18,23H,1,5-6,11,14-15,17H2,2-3H3,(H2,31,32,33);3-4,6,8-10,12-13,17,21H,1,5,7,11,14-16H2,2H3,(H2,31,32,33). The van der Waals surface area contributed by atoms with E-state index in [1.54, 1.807) is 20.8 Å². The lowest BCUT2D eigenvalue weighted by molar-refractivity contribution is -0.128. The van der Waals surface area contributed by atoms with Crippen molar-refractivity contribution in [3.05, 3.63) is 251 Å². The molecule has 6 aromatic heterocycles. The highest BCUT2D eigenvalue weighted by molar-refractivity contribution is 6.34. The number of benzene rings is 6. The van der Waals surface area contributed by atoms with Gasteiger partial charge in [0.2, 0.25) is 17.7 Å². The summed E-state index contributed by atoms with van der Waals surface area (Å²) >= 11 is 6.27. The number of aromatic nitrogens is 12. The lowest BCUT2D eigenvalue weighted by Crippen LogP contribution is -2.40. The number of nitrogens with two attached hydrogens (primary N) is 3. The van der Waals surface area contributed by atoms with E-state index in [0.29, 0.717) is 156 Å². The number of likely N-dealkylation sites (tertiary alicyclic amines) is 3. The Labute approximate surface area is 666 Å². The Morgan fingerprint density at radius 2 is 0.789 bits per heavy atom. The number of halogens is 1. The lowest BCUT2D eigenvalue weighted by atomic mass is 9.96. The zero-order valence-electron chi connectivity index (χ0n) is 64.9. The molecule has 0 saturated carbocycles. The van der Waals surface area contributed by atoms with E-state index in [0.717, 1.165) is 111 Å². The maximum Gasteiger partial charge on any atom is 0.246 e. The molecule has 9 heterocycles. The summed E-state index contributed by atoms with van der Waals surface area (Å²) in [7, 11) is 0.